The van der Waals surface area contributed by atoms with E-state index in [4.69, 9.17) is 0 Å². The fourth-order valence-electron chi connectivity index (χ4n) is 2.23. The summed E-state index contributed by atoms with van der Waals surface area (Å²) in [5.41, 5.74) is 1.97. The molecule has 5 nitrogen and oxygen atoms in total. The van der Waals surface area contributed by atoms with E-state index in [1.807, 2.05) is 31.4 Å². The third-order valence-electron chi connectivity index (χ3n) is 3.15. The minimum Gasteiger partial charge on any atom is -0.326 e. The summed E-state index contributed by atoms with van der Waals surface area (Å²) >= 11 is 0. The Kier molecular flexibility index (Phi) is 2.87. The van der Waals surface area contributed by atoms with Gasteiger partial charge in [0.15, 0.2) is 5.65 Å². The molecule has 0 spiro atoms. The van der Waals surface area contributed by atoms with Gasteiger partial charge in [0.2, 0.25) is 0 Å². The number of hydrogen-bond acceptors (Lipinski definition) is 4. The van der Waals surface area contributed by atoms with Crippen molar-refractivity contribution in [2.24, 2.45) is 7.05 Å². The monoisotopic (exact) mass is 253 g/mol. The highest BCUT2D eigenvalue weighted by Crippen LogP contribution is 2.28. The predicted molar refractivity (Wildman–Crippen MR) is 75.4 cm³/mol. The second-order valence-corrected chi connectivity index (χ2v) is 4.28. The molecule has 0 atom stereocenters. The highest BCUT2D eigenvalue weighted by molar-refractivity contribution is 5.89. The Labute approximate surface area is 111 Å². The Morgan fingerprint density at radius 2 is 1.95 bits per heavy atom. The molecule has 2 heterocycles. The van der Waals surface area contributed by atoms with Crippen molar-refractivity contribution < 1.29 is 0 Å². The molecule has 0 radical (unpaired) electrons. The van der Waals surface area contributed by atoms with Crippen molar-refractivity contribution in [3.8, 4) is 0 Å². The second kappa shape index (κ2) is 4.68. The van der Waals surface area contributed by atoms with Gasteiger partial charge in [-0.2, -0.15) is 5.10 Å². The van der Waals surface area contributed by atoms with Gasteiger partial charge in [-0.05, 0) is 19.1 Å². The number of fused-ring (bicyclic) bond motifs is 1. The quantitative estimate of drug-likeness (QED) is 0.719. The summed E-state index contributed by atoms with van der Waals surface area (Å²) in [7, 11) is 1.89. The van der Waals surface area contributed by atoms with Crippen LogP contribution in [0.4, 0.5) is 11.5 Å². The predicted octanol–water partition coefficient (Wildman–Crippen LogP) is 2.52. The first-order valence-corrected chi connectivity index (χ1v) is 6.26. The van der Waals surface area contributed by atoms with Crippen LogP contribution in [0.5, 0.6) is 0 Å². The average molecular weight is 253 g/mol. The van der Waals surface area contributed by atoms with Crippen LogP contribution in [0.15, 0.2) is 42.9 Å². The third kappa shape index (κ3) is 1.93. The molecule has 0 N–H and O–H groups in total. The van der Waals surface area contributed by atoms with Gasteiger partial charge in [-0.15, -0.1) is 0 Å². The van der Waals surface area contributed by atoms with Gasteiger partial charge in [-0.1, -0.05) is 18.2 Å². The van der Waals surface area contributed by atoms with E-state index in [1.165, 1.54) is 0 Å². The number of para-hydroxylation sites is 1. The highest BCUT2D eigenvalue weighted by Gasteiger charge is 2.14. The van der Waals surface area contributed by atoms with Crippen LogP contribution in [0.3, 0.4) is 0 Å². The lowest BCUT2D eigenvalue weighted by Gasteiger charge is -2.22. The van der Waals surface area contributed by atoms with Crippen LogP contribution in [0.2, 0.25) is 0 Å². The van der Waals surface area contributed by atoms with Gasteiger partial charge >= 0.3 is 0 Å². The molecule has 1 aromatic carbocycles. The van der Waals surface area contributed by atoms with Crippen molar-refractivity contribution >= 4 is 22.5 Å². The van der Waals surface area contributed by atoms with Crippen molar-refractivity contribution in [2.75, 3.05) is 11.4 Å². The zero-order valence-corrected chi connectivity index (χ0v) is 11.0. The molecule has 3 rings (SSSR count). The zero-order chi connectivity index (χ0) is 13.2. The summed E-state index contributed by atoms with van der Waals surface area (Å²) in [6.45, 7) is 2.95. The van der Waals surface area contributed by atoms with Crippen molar-refractivity contribution in [2.45, 2.75) is 6.92 Å². The van der Waals surface area contributed by atoms with Gasteiger partial charge in [-0.25, -0.2) is 9.97 Å². The molecule has 0 bridgehead atoms. The molecule has 96 valence electrons. The Morgan fingerprint density at radius 1 is 1.16 bits per heavy atom. The van der Waals surface area contributed by atoms with Crippen molar-refractivity contribution in [1.82, 2.24) is 19.7 Å². The van der Waals surface area contributed by atoms with Crippen molar-refractivity contribution in [3.63, 3.8) is 0 Å². The number of nitrogens with zero attached hydrogens (tertiary/aromatic N) is 5. The first-order chi connectivity index (χ1) is 9.31. The summed E-state index contributed by atoms with van der Waals surface area (Å²) in [4.78, 5) is 10.9. The Morgan fingerprint density at radius 3 is 2.68 bits per heavy atom. The number of rotatable bonds is 3. The van der Waals surface area contributed by atoms with Gasteiger partial charge in [-0.3, -0.25) is 4.68 Å². The Hall–Kier alpha value is -2.43. The highest BCUT2D eigenvalue weighted by atomic mass is 15.3. The van der Waals surface area contributed by atoms with E-state index in [-0.39, 0.29) is 0 Å². The summed E-state index contributed by atoms with van der Waals surface area (Å²) in [5, 5.41) is 5.22. The third-order valence-corrected chi connectivity index (χ3v) is 3.15. The summed E-state index contributed by atoms with van der Waals surface area (Å²) in [5.74, 6) is 0.895. The van der Waals surface area contributed by atoms with Crippen LogP contribution >= 0.6 is 0 Å². The molecule has 5 heteroatoms. The second-order valence-electron chi connectivity index (χ2n) is 4.28. The maximum Gasteiger partial charge on any atom is 0.163 e. The largest absolute Gasteiger partial charge is 0.326 e. The first kappa shape index (κ1) is 11.6. The standard InChI is InChI=1S/C14H15N5/c1-3-19(11-7-5-4-6-8-11)14-12-9-17-18(2)13(12)15-10-16-14/h4-10H,3H2,1-2H3. The van der Waals surface area contributed by atoms with E-state index in [0.717, 1.165) is 29.1 Å². The Balaban J connectivity index is 2.17. The van der Waals surface area contributed by atoms with Crippen LogP contribution in [0.1, 0.15) is 6.92 Å². The molecule has 2 aromatic heterocycles. The van der Waals surface area contributed by atoms with E-state index in [0.29, 0.717) is 0 Å². The fraction of sp³-hybridized carbons (Fsp3) is 0.214. The maximum absolute atomic E-state index is 4.43. The molecule has 0 aliphatic carbocycles. The van der Waals surface area contributed by atoms with Crippen molar-refractivity contribution in [3.05, 3.63) is 42.9 Å². The van der Waals surface area contributed by atoms with Gasteiger partial charge in [0, 0.05) is 19.3 Å². The SMILES string of the molecule is CCN(c1ccccc1)c1ncnc2c1cnn2C. The average Bonchev–Trinajstić information content (AvgIpc) is 2.84. The lowest BCUT2D eigenvalue weighted by atomic mass is 10.2. The van der Waals surface area contributed by atoms with Crippen LogP contribution in [-0.4, -0.2) is 26.3 Å². The van der Waals surface area contributed by atoms with Crippen molar-refractivity contribution in [1.29, 1.82) is 0 Å². The van der Waals surface area contributed by atoms with E-state index in [1.54, 1.807) is 11.0 Å². The van der Waals surface area contributed by atoms with Crippen LogP contribution in [-0.2, 0) is 7.05 Å². The molecule has 0 aliphatic rings. The minimum atomic E-state index is 0.838. The van der Waals surface area contributed by atoms with E-state index in [2.05, 4.69) is 39.0 Å². The number of aryl methyl sites for hydroxylation is 1. The number of anilines is 2. The lowest BCUT2D eigenvalue weighted by molar-refractivity contribution is 0.785. The molecule has 0 unspecified atom stereocenters. The maximum atomic E-state index is 4.43. The Bertz CT molecular complexity index is 689. The van der Waals surface area contributed by atoms with Gasteiger partial charge in [0.25, 0.3) is 0 Å². The fourth-order valence-corrected chi connectivity index (χ4v) is 2.23. The normalized spacial score (nSPS) is 10.8. The molecule has 3 aromatic rings. The van der Waals surface area contributed by atoms with E-state index in [9.17, 15) is 0 Å². The molecule has 19 heavy (non-hydrogen) atoms. The van der Waals surface area contributed by atoms with Crippen LogP contribution < -0.4 is 4.90 Å². The van der Waals surface area contributed by atoms with E-state index >= 15 is 0 Å². The lowest BCUT2D eigenvalue weighted by Crippen LogP contribution is -2.17. The molecular formula is C14H15N5. The summed E-state index contributed by atoms with van der Waals surface area (Å²) in [6, 6.07) is 10.2. The molecule has 0 saturated heterocycles. The summed E-state index contributed by atoms with van der Waals surface area (Å²) < 4.78 is 1.76. The molecule has 0 amide bonds. The molecule has 0 fully saturated rings. The topological polar surface area (TPSA) is 46.8 Å². The van der Waals surface area contributed by atoms with Gasteiger partial charge in [0.1, 0.15) is 12.1 Å². The molecular weight excluding hydrogens is 238 g/mol. The van der Waals surface area contributed by atoms with Crippen LogP contribution in [0, 0.1) is 0 Å². The molecule has 0 aliphatic heterocycles. The number of benzene rings is 1. The van der Waals surface area contributed by atoms with Crippen LogP contribution in [0.25, 0.3) is 11.0 Å². The van der Waals surface area contributed by atoms with E-state index < -0.39 is 0 Å². The number of hydrogen-bond donors (Lipinski definition) is 0. The summed E-state index contributed by atoms with van der Waals surface area (Å²) in [6.07, 6.45) is 3.40. The minimum absolute atomic E-state index is 0.838. The smallest absolute Gasteiger partial charge is 0.163 e. The zero-order valence-electron chi connectivity index (χ0n) is 11.0. The first-order valence-electron chi connectivity index (χ1n) is 6.26. The molecule has 0 saturated carbocycles. The van der Waals surface area contributed by atoms with Gasteiger partial charge in [0.05, 0.1) is 11.6 Å². The van der Waals surface area contributed by atoms with Gasteiger partial charge < -0.3 is 4.90 Å². The number of aromatic nitrogens is 4.